The number of nitrogens with one attached hydrogen (secondary N) is 1. The second-order valence-corrected chi connectivity index (χ2v) is 3.41. The van der Waals surface area contributed by atoms with Gasteiger partial charge in [-0.2, -0.15) is 0 Å². The van der Waals surface area contributed by atoms with E-state index < -0.39 is 0 Å². The maximum Gasteiger partial charge on any atom is 0.121 e. The van der Waals surface area contributed by atoms with E-state index in [4.69, 9.17) is 0 Å². The fraction of sp³-hybridized carbons (Fsp3) is 0.400. The van der Waals surface area contributed by atoms with Crippen LogP contribution in [0.1, 0.15) is 22.3 Å². The fourth-order valence-corrected chi connectivity index (χ4v) is 1.82. The van der Waals surface area contributed by atoms with Crippen molar-refractivity contribution in [1.82, 2.24) is 5.32 Å². The number of hydrogen-bond acceptors (Lipinski definition) is 2. The minimum atomic E-state index is 0.456. The van der Waals surface area contributed by atoms with Crippen LogP contribution in [-0.4, -0.2) is 5.11 Å². The van der Waals surface area contributed by atoms with Crippen molar-refractivity contribution in [2.75, 3.05) is 0 Å². The number of rotatable bonds is 0. The maximum absolute atomic E-state index is 9.64. The highest BCUT2D eigenvalue weighted by molar-refractivity contribution is 5.49. The van der Waals surface area contributed by atoms with Gasteiger partial charge in [-0.3, -0.25) is 0 Å². The van der Waals surface area contributed by atoms with Crippen LogP contribution in [0.25, 0.3) is 0 Å². The number of phenols is 1. The van der Waals surface area contributed by atoms with E-state index in [9.17, 15) is 5.11 Å². The van der Waals surface area contributed by atoms with Crippen molar-refractivity contribution < 1.29 is 5.11 Å². The molecular formula is C10H13NO. The summed E-state index contributed by atoms with van der Waals surface area (Å²) in [6, 6.07) is 2.07. The number of hydrogen-bond donors (Lipinski definition) is 2. The van der Waals surface area contributed by atoms with Crippen LogP contribution in [0.2, 0.25) is 0 Å². The molecule has 0 bridgehead atoms. The summed E-state index contributed by atoms with van der Waals surface area (Å²) < 4.78 is 0. The molecule has 0 fully saturated rings. The molecule has 2 N–H and O–H groups in total. The third-order valence-corrected chi connectivity index (χ3v) is 2.58. The summed E-state index contributed by atoms with van der Waals surface area (Å²) in [4.78, 5) is 0. The zero-order chi connectivity index (χ0) is 8.72. The Labute approximate surface area is 72.2 Å². The lowest BCUT2D eigenvalue weighted by Gasteiger charge is -2.08. The van der Waals surface area contributed by atoms with E-state index in [1.54, 1.807) is 0 Å². The molecule has 2 nitrogen and oxygen atoms in total. The molecule has 12 heavy (non-hydrogen) atoms. The summed E-state index contributed by atoms with van der Waals surface area (Å²) in [7, 11) is 0. The quantitative estimate of drug-likeness (QED) is 0.609. The average Bonchev–Trinajstić information content (AvgIpc) is 2.48. The van der Waals surface area contributed by atoms with E-state index in [-0.39, 0.29) is 0 Å². The summed E-state index contributed by atoms with van der Waals surface area (Å²) in [5, 5.41) is 12.9. The predicted molar refractivity (Wildman–Crippen MR) is 48.1 cm³/mol. The zero-order valence-electron chi connectivity index (χ0n) is 7.44. The topological polar surface area (TPSA) is 32.3 Å². The molecule has 1 aliphatic heterocycles. The van der Waals surface area contributed by atoms with E-state index >= 15 is 0 Å². The number of aromatic hydroxyl groups is 1. The molecule has 0 radical (unpaired) electrons. The second-order valence-electron chi connectivity index (χ2n) is 3.41. The monoisotopic (exact) mass is 163 g/mol. The van der Waals surface area contributed by atoms with Crippen LogP contribution in [0.4, 0.5) is 0 Å². The van der Waals surface area contributed by atoms with Crippen LogP contribution < -0.4 is 5.32 Å². The van der Waals surface area contributed by atoms with Crippen molar-refractivity contribution in [3.05, 3.63) is 28.3 Å². The molecule has 0 saturated carbocycles. The molecule has 1 aromatic carbocycles. The van der Waals surface area contributed by atoms with Gasteiger partial charge in [-0.25, -0.2) is 0 Å². The third kappa shape index (κ3) is 0.916. The van der Waals surface area contributed by atoms with Gasteiger partial charge in [0.15, 0.2) is 0 Å². The van der Waals surface area contributed by atoms with Gasteiger partial charge in [0.1, 0.15) is 5.75 Å². The molecule has 64 valence electrons. The van der Waals surface area contributed by atoms with E-state index in [1.165, 1.54) is 11.1 Å². The van der Waals surface area contributed by atoms with Crippen molar-refractivity contribution in [3.63, 3.8) is 0 Å². The van der Waals surface area contributed by atoms with E-state index in [2.05, 4.69) is 11.4 Å². The normalized spacial score (nSPS) is 14.8. The standard InChI is InChI=1S/C10H13NO/c1-6-3-8-4-11-5-9(8)7(2)10(6)12/h3,11-12H,4-5H2,1-2H3. The summed E-state index contributed by atoms with van der Waals surface area (Å²) >= 11 is 0. The van der Waals surface area contributed by atoms with Crippen molar-refractivity contribution in [3.8, 4) is 5.75 Å². The first-order chi connectivity index (χ1) is 5.70. The third-order valence-electron chi connectivity index (χ3n) is 2.58. The van der Waals surface area contributed by atoms with Crippen LogP contribution in [0, 0.1) is 13.8 Å². The number of benzene rings is 1. The van der Waals surface area contributed by atoms with Crippen LogP contribution >= 0.6 is 0 Å². The van der Waals surface area contributed by atoms with E-state index in [0.717, 1.165) is 24.2 Å². The Bertz CT molecular complexity index is 331. The van der Waals surface area contributed by atoms with Gasteiger partial charge in [-0.15, -0.1) is 0 Å². The fourth-order valence-electron chi connectivity index (χ4n) is 1.82. The Kier molecular flexibility index (Phi) is 1.58. The lowest BCUT2D eigenvalue weighted by molar-refractivity contribution is 0.466. The van der Waals surface area contributed by atoms with Gasteiger partial charge < -0.3 is 10.4 Å². The SMILES string of the molecule is Cc1cc2c(c(C)c1O)CNC2. The van der Waals surface area contributed by atoms with E-state index in [1.807, 2.05) is 13.8 Å². The van der Waals surface area contributed by atoms with Crippen LogP contribution in [0.5, 0.6) is 5.75 Å². The molecule has 0 amide bonds. The van der Waals surface area contributed by atoms with Gasteiger partial charge in [-0.1, -0.05) is 6.07 Å². The Hall–Kier alpha value is -1.02. The minimum absolute atomic E-state index is 0.456. The first kappa shape index (κ1) is 7.62. The minimum Gasteiger partial charge on any atom is -0.507 e. The highest BCUT2D eigenvalue weighted by atomic mass is 16.3. The van der Waals surface area contributed by atoms with Crippen molar-refractivity contribution in [1.29, 1.82) is 0 Å². The first-order valence-corrected chi connectivity index (χ1v) is 4.22. The molecular weight excluding hydrogens is 150 g/mol. The Morgan fingerprint density at radius 3 is 2.83 bits per heavy atom. The Morgan fingerprint density at radius 1 is 1.33 bits per heavy atom. The smallest absolute Gasteiger partial charge is 0.121 e. The first-order valence-electron chi connectivity index (χ1n) is 4.22. The molecule has 0 aliphatic carbocycles. The van der Waals surface area contributed by atoms with Crippen LogP contribution in [0.15, 0.2) is 6.07 Å². The highest BCUT2D eigenvalue weighted by Gasteiger charge is 2.15. The Morgan fingerprint density at radius 2 is 2.08 bits per heavy atom. The molecule has 0 aromatic heterocycles. The van der Waals surface area contributed by atoms with Gasteiger partial charge in [0.25, 0.3) is 0 Å². The largest absolute Gasteiger partial charge is 0.507 e. The van der Waals surface area contributed by atoms with Crippen molar-refractivity contribution in [2.45, 2.75) is 26.9 Å². The van der Waals surface area contributed by atoms with Crippen LogP contribution in [-0.2, 0) is 13.1 Å². The molecule has 1 aromatic rings. The number of fused-ring (bicyclic) bond motifs is 1. The van der Waals surface area contributed by atoms with Crippen molar-refractivity contribution >= 4 is 0 Å². The molecule has 0 spiro atoms. The van der Waals surface area contributed by atoms with Gasteiger partial charge in [-0.05, 0) is 36.1 Å². The Balaban J connectivity index is 2.67. The second kappa shape index (κ2) is 2.49. The summed E-state index contributed by atoms with van der Waals surface area (Å²) in [6.45, 7) is 5.77. The molecule has 0 saturated heterocycles. The van der Waals surface area contributed by atoms with Gasteiger partial charge in [0.2, 0.25) is 0 Å². The maximum atomic E-state index is 9.64. The predicted octanol–water partition coefficient (Wildman–Crippen LogP) is 1.61. The summed E-state index contributed by atoms with van der Waals surface area (Å²) in [5.41, 5.74) is 4.63. The molecule has 0 unspecified atom stereocenters. The van der Waals surface area contributed by atoms with Crippen molar-refractivity contribution in [2.24, 2.45) is 0 Å². The summed E-state index contributed by atoms with van der Waals surface area (Å²) in [5.74, 6) is 0.456. The number of aryl methyl sites for hydroxylation is 1. The average molecular weight is 163 g/mol. The molecule has 1 heterocycles. The zero-order valence-corrected chi connectivity index (χ0v) is 7.44. The summed E-state index contributed by atoms with van der Waals surface area (Å²) in [6.07, 6.45) is 0. The van der Waals surface area contributed by atoms with Gasteiger partial charge in [0, 0.05) is 13.1 Å². The lowest BCUT2D eigenvalue weighted by atomic mass is 10.00. The molecule has 2 heteroatoms. The molecule has 0 atom stereocenters. The van der Waals surface area contributed by atoms with Gasteiger partial charge >= 0.3 is 0 Å². The molecule has 2 rings (SSSR count). The lowest BCUT2D eigenvalue weighted by Crippen LogP contribution is -2.00. The number of phenolic OH excluding ortho intramolecular Hbond substituents is 1. The highest BCUT2D eigenvalue weighted by Crippen LogP contribution is 2.30. The van der Waals surface area contributed by atoms with Crippen LogP contribution in [0.3, 0.4) is 0 Å². The van der Waals surface area contributed by atoms with Gasteiger partial charge in [0.05, 0.1) is 0 Å². The molecule has 1 aliphatic rings. The van der Waals surface area contributed by atoms with E-state index in [0.29, 0.717) is 5.75 Å².